The highest BCUT2D eigenvalue weighted by atomic mass is 32.2. The Balaban J connectivity index is 2.11. The van der Waals surface area contributed by atoms with Gasteiger partial charge >= 0.3 is 6.09 Å². The van der Waals surface area contributed by atoms with Crippen LogP contribution in [0.5, 0.6) is 11.5 Å². The SMILES string of the molecule is Cc1ccc([S@](=O)c2c(O)ccc(O)c2C2C=CC(=O)N2C(=O)OC(C)(C)C)cc1. The van der Waals surface area contributed by atoms with Crippen LogP contribution >= 0.6 is 0 Å². The van der Waals surface area contributed by atoms with Gasteiger partial charge in [-0.3, -0.25) is 4.79 Å². The standard InChI is InChI=1S/C22H23NO6S/c1-13-5-7-14(8-6-13)30(28)20-17(25)11-10-16(24)19(20)15-9-12-18(26)23(15)21(27)29-22(2,3)4/h5-12,15,24-25H,1-4H3/t15?,30-/m0/s1. The summed E-state index contributed by atoms with van der Waals surface area (Å²) in [5, 5.41) is 21.1. The van der Waals surface area contributed by atoms with E-state index in [4.69, 9.17) is 4.74 Å². The van der Waals surface area contributed by atoms with Crippen LogP contribution in [0.4, 0.5) is 4.79 Å². The highest BCUT2D eigenvalue weighted by molar-refractivity contribution is 7.85. The summed E-state index contributed by atoms with van der Waals surface area (Å²) in [6.07, 6.45) is 1.67. The Labute approximate surface area is 177 Å². The molecule has 2 N–H and O–H groups in total. The third kappa shape index (κ3) is 4.23. The van der Waals surface area contributed by atoms with Crippen molar-refractivity contribution in [2.24, 2.45) is 0 Å². The minimum Gasteiger partial charge on any atom is -0.508 e. The van der Waals surface area contributed by atoms with Crippen LogP contribution in [-0.2, 0) is 20.3 Å². The highest BCUT2D eigenvalue weighted by Crippen LogP contribution is 2.42. The minimum absolute atomic E-state index is 0.00173. The lowest BCUT2D eigenvalue weighted by atomic mass is 10.0. The molecule has 0 bridgehead atoms. The van der Waals surface area contributed by atoms with Gasteiger partial charge < -0.3 is 14.9 Å². The van der Waals surface area contributed by atoms with E-state index in [0.717, 1.165) is 10.5 Å². The molecule has 30 heavy (non-hydrogen) atoms. The zero-order chi connectivity index (χ0) is 22.2. The van der Waals surface area contributed by atoms with Crippen molar-refractivity contribution in [2.45, 2.75) is 49.1 Å². The third-order valence-electron chi connectivity index (χ3n) is 4.40. The largest absolute Gasteiger partial charge is 0.508 e. The first kappa shape index (κ1) is 21.6. The Bertz CT molecular complexity index is 1050. The molecule has 0 saturated carbocycles. The number of hydrogen-bond donors (Lipinski definition) is 2. The zero-order valence-electron chi connectivity index (χ0n) is 17.1. The van der Waals surface area contributed by atoms with Gasteiger partial charge in [-0.1, -0.05) is 23.8 Å². The van der Waals surface area contributed by atoms with E-state index in [-0.39, 0.29) is 22.0 Å². The summed E-state index contributed by atoms with van der Waals surface area (Å²) >= 11 is 0. The van der Waals surface area contributed by atoms with Crippen LogP contribution in [0.3, 0.4) is 0 Å². The summed E-state index contributed by atoms with van der Waals surface area (Å²) in [5.41, 5.74) is 0.122. The van der Waals surface area contributed by atoms with Crippen LogP contribution in [0.15, 0.2) is 58.3 Å². The number of ether oxygens (including phenoxy) is 1. The molecule has 0 aliphatic carbocycles. The van der Waals surface area contributed by atoms with Crippen molar-refractivity contribution in [1.82, 2.24) is 4.90 Å². The lowest BCUT2D eigenvalue weighted by Crippen LogP contribution is -2.39. The van der Waals surface area contributed by atoms with Gasteiger partial charge in [0.1, 0.15) is 17.1 Å². The fourth-order valence-corrected chi connectivity index (χ4v) is 4.36. The van der Waals surface area contributed by atoms with Gasteiger partial charge in [0.25, 0.3) is 5.91 Å². The van der Waals surface area contributed by atoms with Crippen LogP contribution in [0.25, 0.3) is 0 Å². The van der Waals surface area contributed by atoms with E-state index < -0.39 is 34.4 Å². The van der Waals surface area contributed by atoms with Gasteiger partial charge in [0.15, 0.2) is 0 Å². The van der Waals surface area contributed by atoms with Gasteiger partial charge in [-0.25, -0.2) is 13.9 Å². The molecule has 0 spiro atoms. The molecule has 0 radical (unpaired) electrons. The molecule has 1 aliphatic heterocycles. The number of imide groups is 1. The Kier molecular flexibility index (Phi) is 5.72. The van der Waals surface area contributed by atoms with Crippen molar-refractivity contribution < 1.29 is 28.7 Å². The average molecular weight is 429 g/mol. The zero-order valence-corrected chi connectivity index (χ0v) is 17.9. The predicted octanol–water partition coefficient (Wildman–Crippen LogP) is 3.95. The van der Waals surface area contributed by atoms with E-state index in [1.165, 1.54) is 24.3 Å². The second kappa shape index (κ2) is 7.95. The van der Waals surface area contributed by atoms with Crippen LogP contribution in [-0.4, -0.2) is 36.9 Å². The number of aromatic hydroxyl groups is 2. The number of carbonyl (C=O) groups excluding carboxylic acids is 2. The van der Waals surface area contributed by atoms with Crippen molar-refractivity contribution in [3.8, 4) is 11.5 Å². The fraction of sp³-hybridized carbons (Fsp3) is 0.273. The van der Waals surface area contributed by atoms with Crippen LogP contribution < -0.4 is 0 Å². The van der Waals surface area contributed by atoms with E-state index in [2.05, 4.69) is 0 Å². The van der Waals surface area contributed by atoms with Gasteiger partial charge in [-0.05, 0) is 52.0 Å². The number of phenols is 2. The summed E-state index contributed by atoms with van der Waals surface area (Å²) < 4.78 is 18.6. The molecular weight excluding hydrogens is 406 g/mol. The van der Waals surface area contributed by atoms with E-state index in [0.29, 0.717) is 4.90 Å². The Morgan fingerprint density at radius 1 is 1.07 bits per heavy atom. The molecule has 2 aromatic carbocycles. The molecule has 0 aromatic heterocycles. The van der Waals surface area contributed by atoms with Gasteiger partial charge in [-0.15, -0.1) is 0 Å². The normalized spacial score (nSPS) is 17.3. The van der Waals surface area contributed by atoms with Gasteiger partial charge in [0.05, 0.1) is 21.7 Å². The number of benzene rings is 2. The van der Waals surface area contributed by atoms with Crippen molar-refractivity contribution in [3.63, 3.8) is 0 Å². The second-order valence-electron chi connectivity index (χ2n) is 7.92. The third-order valence-corrected chi connectivity index (χ3v) is 5.90. The number of carbonyl (C=O) groups is 2. The van der Waals surface area contributed by atoms with E-state index in [1.807, 2.05) is 6.92 Å². The molecule has 0 saturated heterocycles. The number of hydrogen-bond acceptors (Lipinski definition) is 6. The molecule has 1 aliphatic rings. The summed E-state index contributed by atoms with van der Waals surface area (Å²) in [6, 6.07) is 8.23. The van der Waals surface area contributed by atoms with E-state index in [9.17, 15) is 24.0 Å². The summed E-state index contributed by atoms with van der Waals surface area (Å²) in [6.45, 7) is 6.88. The number of rotatable bonds is 3. The Morgan fingerprint density at radius 2 is 1.67 bits per heavy atom. The van der Waals surface area contributed by atoms with Crippen molar-refractivity contribution in [1.29, 1.82) is 0 Å². The van der Waals surface area contributed by atoms with Crippen molar-refractivity contribution in [3.05, 3.63) is 59.7 Å². The molecule has 7 nitrogen and oxygen atoms in total. The minimum atomic E-state index is -1.88. The molecular formula is C22H23NO6S. The molecule has 1 heterocycles. The second-order valence-corrected chi connectivity index (χ2v) is 9.34. The molecule has 2 atom stereocenters. The summed E-state index contributed by atoms with van der Waals surface area (Å²) in [4.78, 5) is 26.2. The molecule has 2 aromatic rings. The Morgan fingerprint density at radius 3 is 2.27 bits per heavy atom. The first-order chi connectivity index (χ1) is 14.0. The number of phenolic OH excluding ortho intramolecular Hbond substituents is 2. The Hall–Kier alpha value is -3.13. The van der Waals surface area contributed by atoms with E-state index in [1.54, 1.807) is 45.0 Å². The summed E-state index contributed by atoms with van der Waals surface area (Å²) in [7, 11) is -1.88. The van der Waals surface area contributed by atoms with Gasteiger partial charge in [0.2, 0.25) is 0 Å². The smallest absolute Gasteiger partial charge is 0.418 e. The highest BCUT2D eigenvalue weighted by Gasteiger charge is 2.39. The maximum atomic E-state index is 13.3. The monoisotopic (exact) mass is 429 g/mol. The molecule has 0 fully saturated rings. The number of nitrogens with zero attached hydrogens (tertiary/aromatic N) is 1. The number of amides is 2. The first-order valence-corrected chi connectivity index (χ1v) is 10.4. The lowest BCUT2D eigenvalue weighted by molar-refractivity contribution is -0.125. The molecule has 8 heteroatoms. The molecule has 1 unspecified atom stereocenters. The van der Waals surface area contributed by atoms with E-state index >= 15 is 0 Å². The molecule has 158 valence electrons. The summed E-state index contributed by atoms with van der Waals surface area (Å²) in [5.74, 6) is -1.26. The average Bonchev–Trinajstić information content (AvgIpc) is 3.03. The fourth-order valence-electron chi connectivity index (χ4n) is 3.05. The first-order valence-electron chi connectivity index (χ1n) is 9.27. The van der Waals surface area contributed by atoms with Gasteiger partial charge in [0, 0.05) is 16.5 Å². The maximum Gasteiger partial charge on any atom is 0.418 e. The number of aryl methyl sites for hydroxylation is 1. The van der Waals surface area contributed by atoms with Gasteiger partial charge in [-0.2, -0.15) is 0 Å². The predicted molar refractivity (Wildman–Crippen MR) is 111 cm³/mol. The van der Waals surface area contributed by atoms with Crippen molar-refractivity contribution >= 4 is 22.8 Å². The van der Waals surface area contributed by atoms with Crippen LogP contribution in [0, 0.1) is 6.92 Å². The lowest BCUT2D eigenvalue weighted by Gasteiger charge is -2.28. The topological polar surface area (TPSA) is 104 Å². The molecule has 3 rings (SSSR count). The maximum absolute atomic E-state index is 13.3. The van der Waals surface area contributed by atoms with Crippen molar-refractivity contribution in [2.75, 3.05) is 0 Å². The van der Waals surface area contributed by atoms with Crippen LogP contribution in [0.2, 0.25) is 0 Å². The quantitative estimate of drug-likeness (QED) is 0.716. The molecule has 2 amide bonds. The van der Waals surface area contributed by atoms with Crippen LogP contribution in [0.1, 0.15) is 37.9 Å².